The zero-order chi connectivity index (χ0) is 15.3. The Kier molecular flexibility index (Phi) is 5.06. The van der Waals surface area contributed by atoms with E-state index in [9.17, 15) is 18.0 Å². The first-order valence-electron chi connectivity index (χ1n) is 5.62. The van der Waals surface area contributed by atoms with Crippen molar-refractivity contribution in [3.8, 4) is 0 Å². The topological polar surface area (TPSA) is 142 Å². The molecule has 0 aliphatic carbocycles. The lowest BCUT2D eigenvalue weighted by molar-refractivity contribution is -0.141. The number of ether oxygens (including phenoxy) is 1. The maximum absolute atomic E-state index is 11.9. The van der Waals surface area contributed by atoms with Crippen LogP contribution in [0.2, 0.25) is 0 Å². The minimum absolute atomic E-state index is 0.0897. The van der Waals surface area contributed by atoms with Crippen LogP contribution in [0.25, 0.3) is 0 Å². The molecule has 20 heavy (non-hydrogen) atoms. The summed E-state index contributed by atoms with van der Waals surface area (Å²) in [6.45, 7) is 1.25. The number of carbonyl (C=O) groups excluding carboxylic acids is 2. The van der Waals surface area contributed by atoms with Crippen LogP contribution in [0.5, 0.6) is 0 Å². The molecule has 0 fully saturated rings. The first-order chi connectivity index (χ1) is 9.27. The molecule has 0 aromatic heterocycles. The molecule has 0 aliphatic heterocycles. The van der Waals surface area contributed by atoms with E-state index in [2.05, 4.69) is 9.46 Å². The fourth-order valence-corrected chi connectivity index (χ4v) is 2.47. The Bertz CT molecular complexity index is 627. The Hall–Kier alpha value is -2.13. The van der Waals surface area contributed by atoms with Crippen molar-refractivity contribution in [1.29, 1.82) is 0 Å². The standard InChI is InChI=1S/C11H15N3O5S/c1-2-19-10(15)6-14-20(17,18)9-4-3-7(11(13)16)5-8(9)12/h3-5,14H,2,6,12H2,1H3,(H2,13,16). The third-order valence-corrected chi connectivity index (χ3v) is 3.77. The van der Waals surface area contributed by atoms with E-state index >= 15 is 0 Å². The number of nitrogens with two attached hydrogens (primary N) is 2. The number of hydrogen-bond donors (Lipinski definition) is 3. The monoisotopic (exact) mass is 301 g/mol. The summed E-state index contributed by atoms with van der Waals surface area (Å²) in [5.41, 5.74) is 10.6. The molecule has 5 N–H and O–H groups in total. The minimum Gasteiger partial charge on any atom is -0.465 e. The van der Waals surface area contributed by atoms with Gasteiger partial charge in [-0.25, -0.2) is 8.42 Å². The van der Waals surface area contributed by atoms with Crippen molar-refractivity contribution in [2.24, 2.45) is 5.73 Å². The van der Waals surface area contributed by atoms with Gasteiger partial charge in [0, 0.05) is 5.56 Å². The summed E-state index contributed by atoms with van der Waals surface area (Å²) in [4.78, 5) is 21.8. The average molecular weight is 301 g/mol. The van der Waals surface area contributed by atoms with Crippen LogP contribution in [0, 0.1) is 0 Å². The highest BCUT2D eigenvalue weighted by Gasteiger charge is 2.19. The Morgan fingerprint density at radius 1 is 1.35 bits per heavy atom. The molecule has 9 heteroatoms. The molecule has 0 saturated carbocycles. The Labute approximate surface area is 116 Å². The summed E-state index contributed by atoms with van der Waals surface area (Å²) < 4.78 is 30.5. The molecular formula is C11H15N3O5S. The fraction of sp³-hybridized carbons (Fsp3) is 0.273. The largest absolute Gasteiger partial charge is 0.465 e. The Morgan fingerprint density at radius 2 is 2.00 bits per heavy atom. The quantitative estimate of drug-likeness (QED) is 0.464. The van der Waals surface area contributed by atoms with Crippen LogP contribution in [-0.2, 0) is 19.6 Å². The van der Waals surface area contributed by atoms with Crippen LogP contribution in [0.4, 0.5) is 5.69 Å². The van der Waals surface area contributed by atoms with Crippen LogP contribution in [0.3, 0.4) is 0 Å². The van der Waals surface area contributed by atoms with Crippen molar-refractivity contribution in [2.45, 2.75) is 11.8 Å². The number of primary amides is 1. The first kappa shape index (κ1) is 15.9. The van der Waals surface area contributed by atoms with Crippen molar-refractivity contribution in [2.75, 3.05) is 18.9 Å². The predicted molar refractivity (Wildman–Crippen MR) is 71.2 cm³/mol. The summed E-state index contributed by atoms with van der Waals surface area (Å²) in [5, 5.41) is 0. The molecule has 8 nitrogen and oxygen atoms in total. The molecule has 0 bridgehead atoms. The van der Waals surface area contributed by atoms with Gasteiger partial charge in [-0.15, -0.1) is 0 Å². The van der Waals surface area contributed by atoms with E-state index in [1.54, 1.807) is 6.92 Å². The second kappa shape index (κ2) is 6.35. The third kappa shape index (κ3) is 3.93. The number of benzene rings is 1. The molecule has 0 unspecified atom stereocenters. The second-order valence-corrected chi connectivity index (χ2v) is 5.48. The van der Waals surface area contributed by atoms with Gasteiger partial charge in [-0.3, -0.25) is 9.59 Å². The van der Waals surface area contributed by atoms with Gasteiger partial charge in [-0.2, -0.15) is 4.72 Å². The number of carbonyl (C=O) groups is 2. The van der Waals surface area contributed by atoms with E-state index in [4.69, 9.17) is 11.5 Å². The van der Waals surface area contributed by atoms with Gasteiger partial charge in [-0.1, -0.05) is 0 Å². The molecule has 110 valence electrons. The van der Waals surface area contributed by atoms with Crippen molar-refractivity contribution in [1.82, 2.24) is 4.72 Å². The zero-order valence-electron chi connectivity index (χ0n) is 10.8. The fourth-order valence-electron chi connectivity index (χ4n) is 1.39. The van der Waals surface area contributed by atoms with Gasteiger partial charge in [0.2, 0.25) is 15.9 Å². The van der Waals surface area contributed by atoms with Crippen molar-refractivity contribution < 1.29 is 22.7 Å². The van der Waals surface area contributed by atoms with Crippen molar-refractivity contribution >= 4 is 27.6 Å². The molecular weight excluding hydrogens is 286 g/mol. The SMILES string of the molecule is CCOC(=O)CNS(=O)(=O)c1ccc(C(N)=O)cc1N. The van der Waals surface area contributed by atoms with Crippen LogP contribution in [0.15, 0.2) is 23.1 Å². The highest BCUT2D eigenvalue weighted by Crippen LogP contribution is 2.19. The molecule has 1 rings (SSSR count). The molecule has 1 aromatic rings. The second-order valence-electron chi connectivity index (χ2n) is 3.75. The smallest absolute Gasteiger partial charge is 0.321 e. The summed E-state index contributed by atoms with van der Waals surface area (Å²) >= 11 is 0. The number of anilines is 1. The number of amides is 1. The van der Waals surface area contributed by atoms with Gasteiger partial charge in [0.05, 0.1) is 12.3 Å². The van der Waals surface area contributed by atoms with E-state index in [-0.39, 0.29) is 22.8 Å². The van der Waals surface area contributed by atoms with Crippen molar-refractivity contribution in [3.05, 3.63) is 23.8 Å². The third-order valence-electron chi connectivity index (χ3n) is 2.30. The summed E-state index contributed by atoms with van der Waals surface area (Å²) in [5.74, 6) is -1.43. The van der Waals surface area contributed by atoms with Crippen LogP contribution in [-0.4, -0.2) is 33.4 Å². The lowest BCUT2D eigenvalue weighted by atomic mass is 10.2. The number of hydrogen-bond acceptors (Lipinski definition) is 6. The lowest BCUT2D eigenvalue weighted by Gasteiger charge is -2.09. The zero-order valence-corrected chi connectivity index (χ0v) is 11.6. The number of rotatable bonds is 6. The van der Waals surface area contributed by atoms with Gasteiger partial charge in [0.15, 0.2) is 0 Å². The van der Waals surface area contributed by atoms with Crippen molar-refractivity contribution in [3.63, 3.8) is 0 Å². The first-order valence-corrected chi connectivity index (χ1v) is 7.11. The van der Waals surface area contributed by atoms with Crippen LogP contribution >= 0.6 is 0 Å². The summed E-state index contributed by atoms with van der Waals surface area (Å²) in [6, 6.07) is 3.53. The number of esters is 1. The molecule has 0 atom stereocenters. The highest BCUT2D eigenvalue weighted by molar-refractivity contribution is 7.89. The molecule has 1 amide bonds. The summed E-state index contributed by atoms with van der Waals surface area (Å²) in [6.07, 6.45) is 0. The molecule has 0 radical (unpaired) electrons. The van der Waals surface area contributed by atoms with Gasteiger partial charge in [0.25, 0.3) is 0 Å². The van der Waals surface area contributed by atoms with Crippen LogP contribution < -0.4 is 16.2 Å². The molecule has 0 heterocycles. The van der Waals surface area contributed by atoms with E-state index in [0.717, 1.165) is 12.1 Å². The maximum Gasteiger partial charge on any atom is 0.321 e. The predicted octanol–water partition coefficient (Wildman–Crippen LogP) is -0.791. The number of nitrogens with one attached hydrogen (secondary N) is 1. The lowest BCUT2D eigenvalue weighted by Crippen LogP contribution is -2.31. The number of sulfonamides is 1. The normalized spacial score (nSPS) is 11.1. The Morgan fingerprint density at radius 3 is 2.50 bits per heavy atom. The van der Waals surface area contributed by atoms with Gasteiger partial charge in [0.1, 0.15) is 11.4 Å². The Balaban J connectivity index is 2.93. The van der Waals surface area contributed by atoms with Gasteiger partial charge >= 0.3 is 5.97 Å². The highest BCUT2D eigenvalue weighted by atomic mass is 32.2. The van der Waals surface area contributed by atoms with Crippen LogP contribution in [0.1, 0.15) is 17.3 Å². The van der Waals surface area contributed by atoms with E-state index in [1.807, 2.05) is 0 Å². The minimum atomic E-state index is -3.97. The molecule has 0 aliphatic rings. The van der Waals surface area contributed by atoms with Gasteiger partial charge in [-0.05, 0) is 25.1 Å². The molecule has 1 aromatic carbocycles. The van der Waals surface area contributed by atoms with Gasteiger partial charge < -0.3 is 16.2 Å². The van der Waals surface area contributed by atoms with E-state index in [1.165, 1.54) is 6.07 Å². The number of nitrogen functional groups attached to an aromatic ring is 1. The molecule has 0 saturated heterocycles. The maximum atomic E-state index is 11.9. The molecule has 0 spiro atoms. The van der Waals surface area contributed by atoms with E-state index in [0.29, 0.717) is 0 Å². The summed E-state index contributed by atoms with van der Waals surface area (Å²) in [7, 11) is -3.97. The van der Waals surface area contributed by atoms with E-state index < -0.39 is 28.4 Å². The average Bonchev–Trinajstić information content (AvgIpc) is 2.36.